The lowest BCUT2D eigenvalue weighted by Crippen LogP contribution is -2.07. The molecule has 152 valence electrons. The number of aliphatic carboxylic acids is 1. The van der Waals surface area contributed by atoms with Crippen LogP contribution in [0, 0.1) is 0 Å². The van der Waals surface area contributed by atoms with E-state index in [4.69, 9.17) is 0 Å². The molecule has 0 amide bonds. The zero-order chi connectivity index (χ0) is 21.3. The molecular formula is C24H18F3NO2. The van der Waals surface area contributed by atoms with Crippen LogP contribution in [0.25, 0.3) is 22.2 Å². The highest BCUT2D eigenvalue weighted by atomic mass is 19.4. The molecule has 0 bridgehead atoms. The van der Waals surface area contributed by atoms with Gasteiger partial charge in [-0.05, 0) is 34.9 Å². The van der Waals surface area contributed by atoms with Gasteiger partial charge in [0.2, 0.25) is 0 Å². The molecule has 0 saturated carbocycles. The molecule has 4 rings (SSSR count). The lowest BCUT2D eigenvalue weighted by atomic mass is 10.0. The molecule has 0 aliphatic rings. The van der Waals surface area contributed by atoms with Crippen LogP contribution in [0.15, 0.2) is 78.9 Å². The highest BCUT2D eigenvalue weighted by Gasteiger charge is 2.30. The Morgan fingerprint density at radius 1 is 0.867 bits per heavy atom. The molecule has 4 aromatic rings. The van der Waals surface area contributed by atoms with E-state index >= 15 is 0 Å². The third-order valence-electron chi connectivity index (χ3n) is 5.07. The summed E-state index contributed by atoms with van der Waals surface area (Å²) in [6.07, 6.45) is -4.53. The Morgan fingerprint density at radius 2 is 1.50 bits per heavy atom. The van der Waals surface area contributed by atoms with Crippen molar-refractivity contribution in [3.8, 4) is 11.3 Å². The molecule has 3 aromatic carbocycles. The maximum absolute atomic E-state index is 12.9. The van der Waals surface area contributed by atoms with Crippen molar-refractivity contribution in [1.82, 2.24) is 4.57 Å². The minimum Gasteiger partial charge on any atom is -0.481 e. The van der Waals surface area contributed by atoms with Crippen LogP contribution < -0.4 is 0 Å². The van der Waals surface area contributed by atoms with E-state index in [9.17, 15) is 23.1 Å². The molecule has 1 N–H and O–H groups in total. The predicted octanol–water partition coefficient (Wildman–Crippen LogP) is 6.00. The lowest BCUT2D eigenvalue weighted by Gasteiger charge is -2.14. The number of hydrogen-bond acceptors (Lipinski definition) is 1. The fourth-order valence-corrected chi connectivity index (χ4v) is 3.78. The summed E-state index contributed by atoms with van der Waals surface area (Å²) in [5.74, 6) is -0.940. The normalized spacial score (nSPS) is 11.7. The van der Waals surface area contributed by atoms with Crippen LogP contribution >= 0.6 is 0 Å². The average Bonchev–Trinajstić information content (AvgIpc) is 3.01. The highest BCUT2D eigenvalue weighted by molar-refractivity contribution is 5.95. The van der Waals surface area contributed by atoms with Gasteiger partial charge in [0, 0.05) is 17.4 Å². The Hall–Kier alpha value is -3.54. The van der Waals surface area contributed by atoms with Gasteiger partial charge in [-0.1, -0.05) is 60.7 Å². The summed E-state index contributed by atoms with van der Waals surface area (Å²) in [4.78, 5) is 11.6. The summed E-state index contributed by atoms with van der Waals surface area (Å²) >= 11 is 0. The minimum absolute atomic E-state index is 0.148. The number of fused-ring (bicyclic) bond motifs is 1. The van der Waals surface area contributed by atoms with Crippen LogP contribution in [-0.4, -0.2) is 15.6 Å². The van der Waals surface area contributed by atoms with Crippen molar-refractivity contribution in [3.05, 3.63) is 95.6 Å². The van der Waals surface area contributed by atoms with Gasteiger partial charge in [0.05, 0.1) is 17.7 Å². The summed E-state index contributed by atoms with van der Waals surface area (Å²) in [5, 5.41) is 10.3. The van der Waals surface area contributed by atoms with Crippen molar-refractivity contribution in [2.45, 2.75) is 19.1 Å². The van der Waals surface area contributed by atoms with Crippen molar-refractivity contribution >= 4 is 16.9 Å². The number of benzene rings is 3. The summed E-state index contributed by atoms with van der Waals surface area (Å²) in [6.45, 7) is 0.322. The molecule has 1 heterocycles. The van der Waals surface area contributed by atoms with E-state index in [1.54, 1.807) is 0 Å². The van der Waals surface area contributed by atoms with Crippen LogP contribution in [0.3, 0.4) is 0 Å². The van der Waals surface area contributed by atoms with E-state index in [1.807, 2.05) is 59.2 Å². The summed E-state index contributed by atoms with van der Waals surface area (Å²) in [7, 11) is 0. The van der Waals surface area contributed by atoms with Gasteiger partial charge in [0.15, 0.2) is 0 Å². The summed E-state index contributed by atoms with van der Waals surface area (Å²) < 4.78 is 40.7. The smallest absolute Gasteiger partial charge is 0.416 e. The van der Waals surface area contributed by atoms with Gasteiger partial charge < -0.3 is 9.67 Å². The van der Waals surface area contributed by atoms with Gasteiger partial charge in [-0.2, -0.15) is 13.2 Å². The first kappa shape index (κ1) is 19.8. The van der Waals surface area contributed by atoms with E-state index in [0.717, 1.165) is 34.3 Å². The van der Waals surface area contributed by atoms with Crippen LogP contribution in [0.1, 0.15) is 16.7 Å². The number of aromatic nitrogens is 1. The van der Waals surface area contributed by atoms with Gasteiger partial charge in [-0.3, -0.25) is 4.79 Å². The molecule has 0 aliphatic heterocycles. The molecule has 6 heteroatoms. The van der Waals surface area contributed by atoms with Gasteiger partial charge in [0.25, 0.3) is 0 Å². The Morgan fingerprint density at radius 3 is 2.13 bits per heavy atom. The second-order valence-corrected chi connectivity index (χ2v) is 7.06. The third-order valence-corrected chi connectivity index (χ3v) is 5.07. The molecule has 0 unspecified atom stereocenters. The SMILES string of the molecule is O=C(O)Cc1c(-c2ccccc2)n(Cc2ccc(C(F)(F)F)cc2)c2ccccc12. The summed E-state index contributed by atoms with van der Waals surface area (Å²) in [6, 6.07) is 22.0. The Balaban J connectivity index is 1.89. The van der Waals surface area contributed by atoms with Crippen molar-refractivity contribution in [3.63, 3.8) is 0 Å². The largest absolute Gasteiger partial charge is 0.481 e. The first-order chi connectivity index (χ1) is 14.3. The number of halogens is 3. The molecule has 30 heavy (non-hydrogen) atoms. The monoisotopic (exact) mass is 409 g/mol. The molecule has 0 aliphatic carbocycles. The fourth-order valence-electron chi connectivity index (χ4n) is 3.78. The molecule has 0 atom stereocenters. The van der Waals surface area contributed by atoms with Crippen LogP contribution in [0.4, 0.5) is 13.2 Å². The standard InChI is InChI=1S/C24H18F3NO2/c25-24(26,27)18-12-10-16(11-13-18)15-28-21-9-5-4-8-19(21)20(14-22(29)30)23(28)17-6-2-1-3-7-17/h1-13H,14-15H2,(H,29,30). The lowest BCUT2D eigenvalue weighted by molar-refractivity contribution is -0.138. The number of carbonyl (C=O) groups is 1. The second-order valence-electron chi connectivity index (χ2n) is 7.06. The number of hydrogen-bond donors (Lipinski definition) is 1. The molecule has 1 aromatic heterocycles. The zero-order valence-corrected chi connectivity index (χ0v) is 15.9. The fraction of sp³-hybridized carbons (Fsp3) is 0.125. The first-order valence-electron chi connectivity index (χ1n) is 9.38. The number of alkyl halides is 3. The molecule has 0 fully saturated rings. The maximum Gasteiger partial charge on any atom is 0.416 e. The van der Waals surface area contributed by atoms with Crippen LogP contribution in [0.5, 0.6) is 0 Å². The number of para-hydroxylation sites is 1. The number of nitrogens with zero attached hydrogens (tertiary/aromatic N) is 1. The Labute approximate surface area is 171 Å². The quantitative estimate of drug-likeness (QED) is 0.439. The minimum atomic E-state index is -4.39. The predicted molar refractivity (Wildman–Crippen MR) is 109 cm³/mol. The van der Waals surface area contributed by atoms with Crippen LogP contribution in [-0.2, 0) is 23.9 Å². The van der Waals surface area contributed by atoms with Crippen molar-refractivity contribution in [2.24, 2.45) is 0 Å². The average molecular weight is 409 g/mol. The molecule has 0 saturated heterocycles. The second kappa shape index (κ2) is 7.71. The highest BCUT2D eigenvalue weighted by Crippen LogP contribution is 2.35. The number of carboxylic acids is 1. The van der Waals surface area contributed by atoms with Crippen LogP contribution in [0.2, 0.25) is 0 Å². The maximum atomic E-state index is 12.9. The molecule has 3 nitrogen and oxygen atoms in total. The van der Waals surface area contributed by atoms with Gasteiger partial charge in [-0.15, -0.1) is 0 Å². The van der Waals surface area contributed by atoms with Crippen molar-refractivity contribution in [1.29, 1.82) is 0 Å². The van der Waals surface area contributed by atoms with E-state index in [1.165, 1.54) is 12.1 Å². The molecular weight excluding hydrogens is 391 g/mol. The summed E-state index contributed by atoms with van der Waals surface area (Å²) in [5.41, 5.74) is 3.15. The Kier molecular flexibility index (Phi) is 5.08. The number of carboxylic acid groups (broad SMARTS) is 1. The number of rotatable bonds is 5. The zero-order valence-electron chi connectivity index (χ0n) is 15.9. The van der Waals surface area contributed by atoms with E-state index in [0.29, 0.717) is 17.7 Å². The van der Waals surface area contributed by atoms with Gasteiger partial charge >= 0.3 is 12.1 Å². The first-order valence-corrected chi connectivity index (χ1v) is 9.38. The van der Waals surface area contributed by atoms with Gasteiger partial charge in [0.1, 0.15) is 0 Å². The van der Waals surface area contributed by atoms with Crippen molar-refractivity contribution < 1.29 is 23.1 Å². The van der Waals surface area contributed by atoms with E-state index in [2.05, 4.69) is 0 Å². The van der Waals surface area contributed by atoms with Gasteiger partial charge in [-0.25, -0.2) is 0 Å². The van der Waals surface area contributed by atoms with E-state index < -0.39 is 17.7 Å². The molecule has 0 spiro atoms. The topological polar surface area (TPSA) is 42.2 Å². The van der Waals surface area contributed by atoms with Crippen molar-refractivity contribution in [2.75, 3.05) is 0 Å². The Bertz CT molecular complexity index is 1190. The van der Waals surface area contributed by atoms with E-state index in [-0.39, 0.29) is 6.42 Å². The third kappa shape index (κ3) is 3.81. The molecule has 0 radical (unpaired) electrons.